The molecule has 1 aromatic heterocycles. The molecule has 2 aromatic carbocycles. The molecule has 2 amide bonds. The lowest BCUT2D eigenvalue weighted by Crippen LogP contribution is -2.39. The first-order valence-corrected chi connectivity index (χ1v) is 12.4. The molecule has 1 aliphatic heterocycles. The van der Waals surface area contributed by atoms with Gasteiger partial charge < -0.3 is 4.98 Å². The Hall–Kier alpha value is -3.42. The summed E-state index contributed by atoms with van der Waals surface area (Å²) in [7, 11) is 0. The van der Waals surface area contributed by atoms with Gasteiger partial charge in [0.1, 0.15) is 23.2 Å². The minimum absolute atomic E-state index is 0.0690. The molecule has 0 atom stereocenters. The zero-order chi connectivity index (χ0) is 25.4. The number of hydrogen-bond donors (Lipinski definition) is 2. The summed E-state index contributed by atoms with van der Waals surface area (Å²) in [6.07, 6.45) is 4.36. The van der Waals surface area contributed by atoms with Gasteiger partial charge in [0, 0.05) is 37.1 Å². The van der Waals surface area contributed by atoms with Gasteiger partial charge in [0.2, 0.25) is 11.8 Å². The summed E-state index contributed by atoms with van der Waals surface area (Å²) in [5, 5.41) is 2.77. The van der Waals surface area contributed by atoms with Crippen LogP contribution in [-0.2, 0) is 14.4 Å². The molecule has 188 valence electrons. The minimum Gasteiger partial charge on any atom is -0.352 e. The molecule has 1 saturated heterocycles. The number of Topliss-reactive ketones (excluding diaryl/α,β-unsaturated/α-hetero) is 1. The van der Waals surface area contributed by atoms with E-state index in [1.54, 1.807) is 12.1 Å². The number of rotatable bonds is 8. The van der Waals surface area contributed by atoms with Gasteiger partial charge in [-0.05, 0) is 84.9 Å². The third-order valence-corrected chi connectivity index (χ3v) is 7.45. The maximum Gasteiger partial charge on any atom is 0.226 e. The summed E-state index contributed by atoms with van der Waals surface area (Å²) < 4.78 is 42.1. The number of aromatic nitrogens is 1. The molecule has 0 spiro atoms. The van der Waals surface area contributed by atoms with Gasteiger partial charge in [0.05, 0.1) is 11.2 Å². The molecule has 8 heteroatoms. The zero-order valence-electron chi connectivity index (χ0n) is 19.7. The van der Waals surface area contributed by atoms with Gasteiger partial charge >= 0.3 is 0 Å². The molecule has 1 aliphatic carbocycles. The van der Waals surface area contributed by atoms with E-state index in [9.17, 15) is 27.6 Å². The molecule has 0 radical (unpaired) electrons. The van der Waals surface area contributed by atoms with Crippen molar-refractivity contribution >= 4 is 28.5 Å². The van der Waals surface area contributed by atoms with Gasteiger partial charge in [-0.1, -0.05) is 0 Å². The summed E-state index contributed by atoms with van der Waals surface area (Å²) >= 11 is 0. The Balaban J connectivity index is 1.22. The number of fused-ring (bicyclic) bond motifs is 1. The Bertz CT molecular complexity index is 1310. The van der Waals surface area contributed by atoms with Crippen molar-refractivity contribution in [1.82, 2.24) is 10.3 Å². The van der Waals surface area contributed by atoms with Crippen LogP contribution in [0.15, 0.2) is 36.4 Å². The van der Waals surface area contributed by atoms with Crippen LogP contribution in [0.25, 0.3) is 22.2 Å². The lowest BCUT2D eigenvalue weighted by molar-refractivity contribution is -0.135. The number of halogens is 3. The lowest BCUT2D eigenvalue weighted by Gasteiger charge is -2.36. The van der Waals surface area contributed by atoms with Crippen molar-refractivity contribution in [2.75, 3.05) is 0 Å². The van der Waals surface area contributed by atoms with Gasteiger partial charge in [-0.3, -0.25) is 19.7 Å². The van der Waals surface area contributed by atoms with Crippen LogP contribution in [0.4, 0.5) is 13.2 Å². The first-order valence-electron chi connectivity index (χ1n) is 12.4. The number of imide groups is 1. The van der Waals surface area contributed by atoms with Gasteiger partial charge in [0.15, 0.2) is 0 Å². The van der Waals surface area contributed by atoms with Crippen molar-refractivity contribution in [1.29, 1.82) is 0 Å². The van der Waals surface area contributed by atoms with E-state index >= 15 is 0 Å². The van der Waals surface area contributed by atoms with Crippen LogP contribution < -0.4 is 5.32 Å². The molecule has 2 N–H and O–H groups in total. The monoisotopic (exact) mass is 496 g/mol. The highest BCUT2D eigenvalue weighted by atomic mass is 19.1. The molecule has 2 fully saturated rings. The minimum atomic E-state index is -0.661. The van der Waals surface area contributed by atoms with Crippen molar-refractivity contribution in [2.24, 2.45) is 11.8 Å². The molecule has 2 heterocycles. The number of aromatic amines is 1. The van der Waals surface area contributed by atoms with Gasteiger partial charge in [0.25, 0.3) is 0 Å². The van der Waals surface area contributed by atoms with Crippen LogP contribution in [0.5, 0.6) is 0 Å². The second-order valence-corrected chi connectivity index (χ2v) is 10.1. The number of carbonyl (C=O) groups excluding carboxylic acids is 3. The summed E-state index contributed by atoms with van der Waals surface area (Å²) in [5.74, 6) is -1.95. The van der Waals surface area contributed by atoms with Crippen molar-refractivity contribution in [3.63, 3.8) is 0 Å². The topological polar surface area (TPSA) is 79.0 Å². The third kappa shape index (κ3) is 5.08. The van der Waals surface area contributed by atoms with Crippen LogP contribution in [0.2, 0.25) is 0 Å². The van der Waals surface area contributed by atoms with Crippen LogP contribution in [0.3, 0.4) is 0 Å². The van der Waals surface area contributed by atoms with Gasteiger partial charge in [-0.15, -0.1) is 0 Å². The molecular formula is C28H27F3N2O3. The number of benzene rings is 2. The molecule has 3 aromatic rings. The Kier molecular flexibility index (Phi) is 6.69. The Morgan fingerprint density at radius 1 is 0.917 bits per heavy atom. The number of H-pyrrole nitrogens is 1. The van der Waals surface area contributed by atoms with E-state index in [0.717, 1.165) is 37.3 Å². The summed E-state index contributed by atoms with van der Waals surface area (Å²) in [6.45, 7) is 0. The zero-order valence-corrected chi connectivity index (χ0v) is 19.7. The van der Waals surface area contributed by atoms with Crippen LogP contribution in [0, 0.1) is 29.3 Å². The van der Waals surface area contributed by atoms with E-state index in [1.165, 1.54) is 18.2 Å². The predicted octanol–water partition coefficient (Wildman–Crippen LogP) is 5.93. The largest absolute Gasteiger partial charge is 0.352 e. The normalized spacial score (nSPS) is 20.4. The SMILES string of the molecule is O=C(CCCC1CC(c2c(-c3ccc(F)cc3)[nH]c3c(F)cc(F)cc23)C1)CC1CC(=O)NC(=O)C1. The molecule has 1 saturated carbocycles. The molecule has 5 rings (SSSR count). The number of amides is 2. The fourth-order valence-corrected chi connectivity index (χ4v) is 5.73. The maximum absolute atomic E-state index is 14.5. The molecule has 2 aliphatic rings. The number of carbonyl (C=O) groups is 3. The quantitative estimate of drug-likeness (QED) is 0.380. The predicted molar refractivity (Wildman–Crippen MR) is 128 cm³/mol. The van der Waals surface area contributed by atoms with Gasteiger partial charge in [-0.2, -0.15) is 0 Å². The maximum atomic E-state index is 14.5. The van der Waals surface area contributed by atoms with E-state index in [-0.39, 0.29) is 60.0 Å². The molecule has 0 unspecified atom stereocenters. The van der Waals surface area contributed by atoms with Crippen molar-refractivity contribution < 1.29 is 27.6 Å². The highest BCUT2D eigenvalue weighted by Crippen LogP contribution is 2.49. The first-order chi connectivity index (χ1) is 17.3. The number of ketones is 1. The van der Waals surface area contributed by atoms with Crippen molar-refractivity contribution in [3.8, 4) is 11.3 Å². The Morgan fingerprint density at radius 3 is 2.31 bits per heavy atom. The summed E-state index contributed by atoms with van der Waals surface area (Å²) in [4.78, 5) is 38.4. The Labute approximate surface area is 206 Å². The molecule has 0 bridgehead atoms. The van der Waals surface area contributed by atoms with Gasteiger partial charge in [-0.25, -0.2) is 13.2 Å². The average molecular weight is 497 g/mol. The van der Waals surface area contributed by atoms with Crippen LogP contribution in [0.1, 0.15) is 62.8 Å². The van der Waals surface area contributed by atoms with Crippen molar-refractivity contribution in [2.45, 2.75) is 57.3 Å². The lowest BCUT2D eigenvalue weighted by atomic mass is 9.68. The first kappa shape index (κ1) is 24.3. The average Bonchev–Trinajstić information content (AvgIpc) is 3.14. The fourth-order valence-electron chi connectivity index (χ4n) is 5.73. The smallest absolute Gasteiger partial charge is 0.226 e. The second kappa shape index (κ2) is 9.91. The summed E-state index contributed by atoms with van der Waals surface area (Å²) in [5.41, 5.74) is 2.49. The summed E-state index contributed by atoms with van der Waals surface area (Å²) in [6, 6.07) is 8.15. The molecular weight excluding hydrogens is 469 g/mol. The fraction of sp³-hybridized carbons (Fsp3) is 0.393. The van der Waals surface area contributed by atoms with Crippen molar-refractivity contribution in [3.05, 3.63) is 59.4 Å². The number of piperidine rings is 1. The van der Waals surface area contributed by atoms with E-state index in [0.29, 0.717) is 29.0 Å². The highest BCUT2D eigenvalue weighted by Gasteiger charge is 2.34. The number of nitrogens with one attached hydrogen (secondary N) is 2. The van der Waals surface area contributed by atoms with E-state index < -0.39 is 11.6 Å². The highest BCUT2D eigenvalue weighted by molar-refractivity contribution is 5.98. The standard InChI is InChI=1S/C28H27F3N2O3/c29-19-6-4-17(5-7-19)27-26(22-13-20(30)14-23(31)28(22)33-27)18-8-15(9-18)2-1-3-21(34)10-16-11-24(35)32-25(36)12-16/h4-7,13-16,18,33H,1-3,8-12H2,(H,32,35,36). The Morgan fingerprint density at radius 2 is 1.61 bits per heavy atom. The van der Waals surface area contributed by atoms with E-state index in [4.69, 9.17) is 0 Å². The number of hydrogen-bond acceptors (Lipinski definition) is 3. The molecule has 5 nitrogen and oxygen atoms in total. The third-order valence-electron chi connectivity index (χ3n) is 7.45. The van der Waals surface area contributed by atoms with E-state index in [1.807, 2.05) is 0 Å². The second-order valence-electron chi connectivity index (χ2n) is 10.1. The van der Waals surface area contributed by atoms with Crippen LogP contribution >= 0.6 is 0 Å². The molecule has 36 heavy (non-hydrogen) atoms. The van der Waals surface area contributed by atoms with Crippen LogP contribution in [-0.4, -0.2) is 22.6 Å². The van der Waals surface area contributed by atoms with E-state index in [2.05, 4.69) is 10.3 Å².